The van der Waals surface area contributed by atoms with E-state index in [2.05, 4.69) is 42.5 Å². The topological polar surface area (TPSA) is 0 Å². The van der Waals surface area contributed by atoms with Crippen LogP contribution in [0.1, 0.15) is 37.2 Å². The smallest absolute Gasteiger partial charge is 0.00890 e. The van der Waals surface area contributed by atoms with Gasteiger partial charge in [0.1, 0.15) is 0 Å². The number of benzene rings is 1. The van der Waals surface area contributed by atoms with Crippen molar-refractivity contribution in [2.24, 2.45) is 0 Å². The van der Waals surface area contributed by atoms with Gasteiger partial charge in [-0.15, -0.1) is 0 Å². The Balaban J connectivity index is 1.99. The Hall–Kier alpha value is -1.30. The van der Waals surface area contributed by atoms with Gasteiger partial charge in [-0.2, -0.15) is 0 Å². The molecule has 0 heteroatoms. The fourth-order valence-corrected chi connectivity index (χ4v) is 2.88. The number of rotatable bonds is 1. The molecule has 0 saturated carbocycles. The molecule has 2 aliphatic rings. The molecule has 0 amide bonds. The van der Waals surface area contributed by atoms with Crippen molar-refractivity contribution in [1.29, 1.82) is 0 Å². The Bertz CT molecular complexity index is 409. The van der Waals surface area contributed by atoms with Crippen LogP contribution in [0.15, 0.2) is 53.6 Å². The van der Waals surface area contributed by atoms with Gasteiger partial charge in [0, 0.05) is 5.92 Å². The average Bonchev–Trinajstić information content (AvgIpc) is 2.78. The van der Waals surface area contributed by atoms with Gasteiger partial charge < -0.3 is 0 Å². The Morgan fingerprint density at radius 1 is 1.07 bits per heavy atom. The molecule has 1 atom stereocenters. The molecular weight excluding hydrogens is 180 g/mol. The van der Waals surface area contributed by atoms with E-state index in [1.54, 1.807) is 11.1 Å². The fraction of sp³-hybridized carbons (Fsp3) is 0.333. The van der Waals surface area contributed by atoms with Crippen LogP contribution >= 0.6 is 0 Å². The first kappa shape index (κ1) is 8.96. The highest BCUT2D eigenvalue weighted by Crippen LogP contribution is 2.41. The summed E-state index contributed by atoms with van der Waals surface area (Å²) < 4.78 is 0. The quantitative estimate of drug-likeness (QED) is 0.631. The van der Waals surface area contributed by atoms with Gasteiger partial charge in [0.15, 0.2) is 0 Å². The lowest BCUT2D eigenvalue weighted by molar-refractivity contribution is 0.612. The van der Waals surface area contributed by atoms with Crippen LogP contribution in [0, 0.1) is 0 Å². The molecule has 1 aromatic carbocycles. The van der Waals surface area contributed by atoms with Crippen LogP contribution in [0.3, 0.4) is 0 Å². The van der Waals surface area contributed by atoms with Crippen molar-refractivity contribution < 1.29 is 0 Å². The van der Waals surface area contributed by atoms with Crippen molar-refractivity contribution >= 4 is 0 Å². The van der Waals surface area contributed by atoms with Crippen LogP contribution in [0.25, 0.3) is 0 Å². The summed E-state index contributed by atoms with van der Waals surface area (Å²) in [6.45, 7) is 0. The first-order valence-electron chi connectivity index (χ1n) is 5.88. The maximum atomic E-state index is 2.35. The maximum Gasteiger partial charge on any atom is 0.00890 e. The zero-order valence-electron chi connectivity index (χ0n) is 8.95. The van der Waals surface area contributed by atoms with E-state index in [9.17, 15) is 0 Å². The molecule has 0 bridgehead atoms. The second kappa shape index (κ2) is 3.69. The largest absolute Gasteiger partial charge is 0.0802 e. The molecule has 15 heavy (non-hydrogen) atoms. The lowest BCUT2D eigenvalue weighted by Crippen LogP contribution is -2.07. The van der Waals surface area contributed by atoms with Crippen LogP contribution in [0.5, 0.6) is 0 Å². The summed E-state index contributed by atoms with van der Waals surface area (Å²) in [4.78, 5) is 0. The van der Waals surface area contributed by atoms with Gasteiger partial charge in [0.05, 0.1) is 0 Å². The predicted octanol–water partition coefficient (Wildman–Crippen LogP) is 4.21. The third-order valence-corrected chi connectivity index (χ3v) is 3.62. The van der Waals surface area contributed by atoms with E-state index >= 15 is 0 Å². The van der Waals surface area contributed by atoms with Crippen LogP contribution in [0.2, 0.25) is 0 Å². The second-order valence-electron chi connectivity index (χ2n) is 4.52. The Labute approximate surface area is 91.3 Å². The number of hydrogen-bond acceptors (Lipinski definition) is 0. The van der Waals surface area contributed by atoms with Crippen LogP contribution < -0.4 is 0 Å². The van der Waals surface area contributed by atoms with E-state index in [1.165, 1.54) is 31.2 Å². The Kier molecular flexibility index (Phi) is 2.21. The molecule has 0 spiro atoms. The molecule has 0 nitrogen and oxygen atoms in total. The summed E-state index contributed by atoms with van der Waals surface area (Å²) in [5.41, 5.74) is 4.80. The molecule has 0 heterocycles. The molecule has 76 valence electrons. The molecular formula is C15H16. The van der Waals surface area contributed by atoms with Crippen molar-refractivity contribution in [3.63, 3.8) is 0 Å². The normalized spacial score (nSPS) is 24.4. The van der Waals surface area contributed by atoms with Gasteiger partial charge in [-0.1, -0.05) is 48.1 Å². The number of allylic oxidation sites excluding steroid dienone is 4. The highest BCUT2D eigenvalue weighted by atomic mass is 14.3. The third kappa shape index (κ3) is 1.54. The van der Waals surface area contributed by atoms with Crippen molar-refractivity contribution in [3.05, 3.63) is 59.2 Å². The molecule has 2 aliphatic carbocycles. The SMILES string of the molecule is C1=CC2=C(C1)CCC[C@@H]2c1ccccc1. The Morgan fingerprint density at radius 2 is 1.93 bits per heavy atom. The highest BCUT2D eigenvalue weighted by Gasteiger charge is 2.24. The van der Waals surface area contributed by atoms with Crippen molar-refractivity contribution in [2.75, 3.05) is 0 Å². The van der Waals surface area contributed by atoms with Crippen molar-refractivity contribution in [1.82, 2.24) is 0 Å². The second-order valence-corrected chi connectivity index (χ2v) is 4.52. The Morgan fingerprint density at radius 3 is 2.80 bits per heavy atom. The number of hydrogen-bond donors (Lipinski definition) is 0. The predicted molar refractivity (Wildman–Crippen MR) is 63.8 cm³/mol. The molecule has 1 aromatic rings. The van der Waals surface area contributed by atoms with E-state index in [-0.39, 0.29) is 0 Å². The van der Waals surface area contributed by atoms with E-state index in [0.717, 1.165) is 0 Å². The van der Waals surface area contributed by atoms with Gasteiger partial charge in [-0.05, 0) is 36.8 Å². The lowest BCUT2D eigenvalue weighted by atomic mass is 9.80. The minimum atomic E-state index is 0.675. The van der Waals surface area contributed by atoms with Crippen molar-refractivity contribution in [2.45, 2.75) is 31.6 Å². The monoisotopic (exact) mass is 196 g/mol. The van der Waals surface area contributed by atoms with Crippen LogP contribution in [-0.2, 0) is 0 Å². The van der Waals surface area contributed by atoms with Gasteiger partial charge in [-0.25, -0.2) is 0 Å². The minimum Gasteiger partial charge on any atom is -0.0802 e. The average molecular weight is 196 g/mol. The molecule has 0 aromatic heterocycles. The summed E-state index contributed by atoms with van der Waals surface area (Å²) in [6, 6.07) is 11.0. The summed E-state index contributed by atoms with van der Waals surface area (Å²) in [5, 5.41) is 0. The van der Waals surface area contributed by atoms with Crippen LogP contribution in [0.4, 0.5) is 0 Å². The summed E-state index contributed by atoms with van der Waals surface area (Å²) in [7, 11) is 0. The van der Waals surface area contributed by atoms with Gasteiger partial charge >= 0.3 is 0 Å². The molecule has 0 fully saturated rings. The van der Waals surface area contributed by atoms with Gasteiger partial charge in [0.25, 0.3) is 0 Å². The van der Waals surface area contributed by atoms with Crippen molar-refractivity contribution in [3.8, 4) is 0 Å². The summed E-state index contributed by atoms with van der Waals surface area (Å²) in [5.74, 6) is 0.675. The van der Waals surface area contributed by atoms with Gasteiger partial charge in [0.2, 0.25) is 0 Å². The summed E-state index contributed by atoms with van der Waals surface area (Å²) >= 11 is 0. The first-order chi connectivity index (χ1) is 7.45. The standard InChI is InChI=1S/C15H16/c1-2-6-12(7-3-1)14-10-4-8-13-9-5-11-15(13)14/h1-3,5-7,11,14H,4,8-10H2/t14-/m1/s1. The van der Waals surface area contributed by atoms with E-state index in [0.29, 0.717) is 5.92 Å². The summed E-state index contributed by atoms with van der Waals surface area (Å²) in [6.07, 6.45) is 9.90. The molecule has 0 N–H and O–H groups in total. The van der Waals surface area contributed by atoms with E-state index < -0.39 is 0 Å². The molecule has 0 aliphatic heterocycles. The zero-order chi connectivity index (χ0) is 10.1. The molecule has 0 radical (unpaired) electrons. The molecule has 3 rings (SSSR count). The zero-order valence-corrected chi connectivity index (χ0v) is 8.95. The van der Waals surface area contributed by atoms with E-state index in [4.69, 9.17) is 0 Å². The third-order valence-electron chi connectivity index (χ3n) is 3.62. The fourth-order valence-electron chi connectivity index (χ4n) is 2.88. The highest BCUT2D eigenvalue weighted by molar-refractivity contribution is 5.44. The first-order valence-corrected chi connectivity index (χ1v) is 5.88. The van der Waals surface area contributed by atoms with E-state index in [1.807, 2.05) is 0 Å². The molecule has 0 saturated heterocycles. The maximum absolute atomic E-state index is 2.35. The molecule has 0 unspecified atom stereocenters. The van der Waals surface area contributed by atoms with Gasteiger partial charge in [-0.3, -0.25) is 0 Å². The lowest BCUT2D eigenvalue weighted by Gasteiger charge is -2.24. The minimum absolute atomic E-state index is 0.675. The van der Waals surface area contributed by atoms with Crippen LogP contribution in [-0.4, -0.2) is 0 Å².